The molecule has 0 aliphatic carbocycles. The molecule has 4 heterocycles. The van der Waals surface area contributed by atoms with Crippen molar-refractivity contribution in [1.29, 1.82) is 0 Å². The number of aryl methyl sites for hydroxylation is 1. The summed E-state index contributed by atoms with van der Waals surface area (Å²) in [6, 6.07) is 5.37. The van der Waals surface area contributed by atoms with E-state index in [0.29, 0.717) is 21.9 Å². The van der Waals surface area contributed by atoms with Crippen molar-refractivity contribution in [2.24, 2.45) is 11.8 Å². The first-order chi connectivity index (χ1) is 16.3. The van der Waals surface area contributed by atoms with E-state index in [1.54, 1.807) is 6.07 Å². The molecule has 1 unspecified atom stereocenters. The molecule has 3 aromatic rings. The molecule has 5 rings (SSSR count). The highest BCUT2D eigenvalue weighted by Gasteiger charge is 2.37. The van der Waals surface area contributed by atoms with E-state index in [-0.39, 0.29) is 12.6 Å². The molecule has 0 amide bonds. The molecule has 2 aliphatic heterocycles. The zero-order valence-electron chi connectivity index (χ0n) is 19.3. The third-order valence-electron chi connectivity index (χ3n) is 7.14. The van der Waals surface area contributed by atoms with Gasteiger partial charge in [0.1, 0.15) is 11.3 Å². The quantitative estimate of drug-likeness (QED) is 0.537. The third-order valence-corrected chi connectivity index (χ3v) is 7.70. The Morgan fingerprint density at radius 2 is 2.03 bits per heavy atom. The number of anilines is 1. The van der Waals surface area contributed by atoms with Gasteiger partial charge in [-0.15, -0.1) is 0 Å². The van der Waals surface area contributed by atoms with Crippen LogP contribution in [0.1, 0.15) is 37.1 Å². The number of fused-ring (bicyclic) bond motifs is 1. The van der Waals surface area contributed by atoms with Gasteiger partial charge in [0.25, 0.3) is 0 Å². The van der Waals surface area contributed by atoms with Gasteiger partial charge in [-0.1, -0.05) is 29.3 Å². The van der Waals surface area contributed by atoms with Gasteiger partial charge in [0, 0.05) is 29.7 Å². The molecule has 2 fully saturated rings. The number of rotatable bonds is 6. The van der Waals surface area contributed by atoms with E-state index in [1.807, 2.05) is 36.9 Å². The Morgan fingerprint density at radius 3 is 2.76 bits per heavy atom. The number of nitrogens with zero attached hydrogens (tertiary/aromatic N) is 6. The highest BCUT2D eigenvalue weighted by molar-refractivity contribution is 6.35. The number of likely N-dealkylation sites (tertiary alicyclic amines) is 1. The second-order valence-electron chi connectivity index (χ2n) is 9.47. The minimum Gasteiger partial charge on any atom is -0.480 e. The summed E-state index contributed by atoms with van der Waals surface area (Å²) in [5, 5.41) is 15.0. The molecule has 10 heteroatoms. The summed E-state index contributed by atoms with van der Waals surface area (Å²) in [7, 11) is 0. The van der Waals surface area contributed by atoms with Crippen molar-refractivity contribution >= 4 is 46.2 Å². The van der Waals surface area contributed by atoms with Crippen molar-refractivity contribution in [2.45, 2.75) is 32.7 Å². The Bertz CT molecular complexity index is 1230. The predicted molar refractivity (Wildman–Crippen MR) is 133 cm³/mol. The minimum atomic E-state index is -0.750. The molecule has 1 aromatic carbocycles. The second-order valence-corrected chi connectivity index (χ2v) is 10.3. The Morgan fingerprint density at radius 1 is 1.24 bits per heavy atom. The SMILES string of the molecule is Cc1nn(C(C)c2ccc(Cl)cc2Cl)c2nc(N3CC([C@@H]4CCCN(CC(=O)O)C4)C3)cnc12. The van der Waals surface area contributed by atoms with E-state index in [0.717, 1.165) is 67.3 Å². The number of carboxylic acids is 1. The van der Waals surface area contributed by atoms with Crippen molar-refractivity contribution in [2.75, 3.05) is 37.6 Å². The number of carbonyl (C=O) groups is 1. The van der Waals surface area contributed by atoms with Crippen LogP contribution in [-0.4, -0.2) is 68.4 Å². The number of benzene rings is 1. The smallest absolute Gasteiger partial charge is 0.317 e. The van der Waals surface area contributed by atoms with E-state index in [9.17, 15) is 4.79 Å². The zero-order valence-corrected chi connectivity index (χ0v) is 20.8. The number of piperidine rings is 1. The average Bonchev–Trinajstić information content (AvgIpc) is 3.08. The molecular weight excluding hydrogens is 475 g/mol. The van der Waals surface area contributed by atoms with E-state index in [1.165, 1.54) is 0 Å². The summed E-state index contributed by atoms with van der Waals surface area (Å²) in [6.45, 7) is 7.68. The predicted octanol–water partition coefficient (Wildman–Crippen LogP) is 4.28. The van der Waals surface area contributed by atoms with Crippen LogP contribution in [0.5, 0.6) is 0 Å². The van der Waals surface area contributed by atoms with Gasteiger partial charge in [-0.2, -0.15) is 5.10 Å². The van der Waals surface area contributed by atoms with Crippen LogP contribution in [0.15, 0.2) is 24.4 Å². The Hall–Kier alpha value is -2.42. The lowest BCUT2D eigenvalue weighted by Gasteiger charge is -2.46. The third kappa shape index (κ3) is 4.46. The highest BCUT2D eigenvalue weighted by Crippen LogP contribution is 2.35. The lowest BCUT2D eigenvalue weighted by Crippen LogP contribution is -2.54. The Labute approximate surface area is 208 Å². The molecule has 8 nitrogen and oxygen atoms in total. The fourth-order valence-corrected chi connectivity index (χ4v) is 5.81. The molecular formula is C24H28Cl2N6O2. The summed E-state index contributed by atoms with van der Waals surface area (Å²) < 4.78 is 1.89. The van der Waals surface area contributed by atoms with Crippen LogP contribution < -0.4 is 4.90 Å². The molecule has 0 saturated carbocycles. The van der Waals surface area contributed by atoms with E-state index in [4.69, 9.17) is 38.4 Å². The standard InChI is InChI=1S/C24H28Cl2N6O2/c1-14-23-24(32(29-14)15(2)19-6-5-18(25)8-20(19)26)28-21(9-27-23)31-11-17(12-31)16-4-3-7-30(10-16)13-22(33)34/h5-6,8-9,15-17H,3-4,7,10-13H2,1-2H3,(H,33,34)/t15?,16-/m1/s1. The first-order valence-electron chi connectivity index (χ1n) is 11.7. The van der Waals surface area contributed by atoms with E-state index >= 15 is 0 Å². The summed E-state index contributed by atoms with van der Waals surface area (Å²) in [5.41, 5.74) is 3.28. The molecule has 180 valence electrons. The van der Waals surface area contributed by atoms with Crippen LogP contribution in [0.3, 0.4) is 0 Å². The maximum atomic E-state index is 11.1. The van der Waals surface area contributed by atoms with Crippen LogP contribution in [0.25, 0.3) is 11.2 Å². The maximum Gasteiger partial charge on any atom is 0.317 e. The number of aromatic nitrogens is 4. The van der Waals surface area contributed by atoms with E-state index < -0.39 is 5.97 Å². The van der Waals surface area contributed by atoms with Crippen molar-refractivity contribution in [3.63, 3.8) is 0 Å². The maximum absolute atomic E-state index is 11.1. The van der Waals surface area contributed by atoms with Crippen molar-refractivity contribution in [3.05, 3.63) is 45.7 Å². The number of aliphatic carboxylic acids is 1. The molecule has 0 spiro atoms. The van der Waals surface area contributed by atoms with Gasteiger partial charge in [-0.05, 0) is 62.8 Å². The van der Waals surface area contributed by atoms with Gasteiger partial charge in [-0.3, -0.25) is 9.69 Å². The lowest BCUT2D eigenvalue weighted by atomic mass is 9.80. The fraction of sp³-hybridized carbons (Fsp3) is 0.500. The van der Waals surface area contributed by atoms with E-state index in [2.05, 4.69) is 14.8 Å². The summed E-state index contributed by atoms with van der Waals surface area (Å²) >= 11 is 12.5. The van der Waals surface area contributed by atoms with Crippen molar-refractivity contribution in [1.82, 2.24) is 24.6 Å². The molecule has 1 N–H and O–H groups in total. The van der Waals surface area contributed by atoms with Crippen LogP contribution in [-0.2, 0) is 4.79 Å². The summed E-state index contributed by atoms with van der Waals surface area (Å²) in [6.07, 6.45) is 4.05. The number of carboxylic acid groups (broad SMARTS) is 1. The van der Waals surface area contributed by atoms with Crippen molar-refractivity contribution < 1.29 is 9.90 Å². The number of hydrogen-bond acceptors (Lipinski definition) is 6. The van der Waals surface area contributed by atoms with Gasteiger partial charge < -0.3 is 10.0 Å². The molecule has 0 bridgehead atoms. The van der Waals surface area contributed by atoms with Gasteiger partial charge in [0.05, 0.1) is 24.5 Å². The average molecular weight is 503 g/mol. The minimum absolute atomic E-state index is 0.128. The number of hydrogen-bond donors (Lipinski definition) is 1. The van der Waals surface area contributed by atoms with Gasteiger partial charge >= 0.3 is 5.97 Å². The largest absolute Gasteiger partial charge is 0.480 e. The fourth-order valence-electron chi connectivity index (χ4n) is 5.24. The molecule has 34 heavy (non-hydrogen) atoms. The molecule has 2 aromatic heterocycles. The Balaban J connectivity index is 1.33. The van der Waals surface area contributed by atoms with Gasteiger partial charge in [-0.25, -0.2) is 14.6 Å². The van der Waals surface area contributed by atoms with Crippen LogP contribution in [0, 0.1) is 18.8 Å². The van der Waals surface area contributed by atoms with Crippen LogP contribution in [0.4, 0.5) is 5.82 Å². The van der Waals surface area contributed by atoms with Crippen molar-refractivity contribution in [3.8, 4) is 0 Å². The topological polar surface area (TPSA) is 87.4 Å². The van der Waals surface area contributed by atoms with Gasteiger partial charge in [0.2, 0.25) is 0 Å². The van der Waals surface area contributed by atoms with Gasteiger partial charge in [0.15, 0.2) is 5.65 Å². The lowest BCUT2D eigenvalue weighted by molar-refractivity contribution is -0.138. The normalized spacial score (nSPS) is 20.5. The summed E-state index contributed by atoms with van der Waals surface area (Å²) in [5.74, 6) is 1.17. The molecule has 0 radical (unpaired) electrons. The first-order valence-corrected chi connectivity index (χ1v) is 12.4. The second kappa shape index (κ2) is 9.32. The summed E-state index contributed by atoms with van der Waals surface area (Å²) in [4.78, 5) is 25.0. The Kier molecular flexibility index (Phi) is 6.39. The van der Waals surface area contributed by atoms with Crippen LogP contribution in [0.2, 0.25) is 10.0 Å². The molecule has 2 atom stereocenters. The monoisotopic (exact) mass is 502 g/mol. The molecule has 2 aliphatic rings. The zero-order chi connectivity index (χ0) is 24.0. The van der Waals surface area contributed by atoms with Crippen LogP contribution >= 0.6 is 23.2 Å². The number of halogens is 2. The highest BCUT2D eigenvalue weighted by atomic mass is 35.5. The molecule has 2 saturated heterocycles. The first kappa shape index (κ1) is 23.3.